The van der Waals surface area contributed by atoms with Crippen LogP contribution in [0.3, 0.4) is 0 Å². The molecule has 9 heteroatoms. The third kappa shape index (κ3) is 4.22. The zero-order valence-corrected chi connectivity index (χ0v) is 18.9. The lowest BCUT2D eigenvalue weighted by atomic mass is 10.2. The highest BCUT2D eigenvalue weighted by molar-refractivity contribution is 7.99. The molecule has 0 bridgehead atoms. The standard InChI is InChI=1S/C24H18ClN5O2S/c25-17-12-10-16(11-13-17)14-26-21(31)15-33-24-28-27-23-29(18-6-2-1-3-7-18)22(32)19-8-4-5-9-20(19)30(23)24/h1-13H,14-15H2,(H,26,31). The molecule has 0 unspecified atom stereocenters. The van der Waals surface area contributed by atoms with Gasteiger partial charge in [-0.2, -0.15) is 0 Å². The van der Waals surface area contributed by atoms with Crippen LogP contribution in [-0.4, -0.2) is 30.8 Å². The average molecular weight is 476 g/mol. The van der Waals surface area contributed by atoms with E-state index in [2.05, 4.69) is 15.5 Å². The highest BCUT2D eigenvalue weighted by Gasteiger charge is 2.18. The Balaban J connectivity index is 1.46. The van der Waals surface area contributed by atoms with Gasteiger partial charge in [-0.3, -0.25) is 14.0 Å². The molecule has 5 rings (SSSR count). The third-order valence-electron chi connectivity index (χ3n) is 5.14. The second-order valence-electron chi connectivity index (χ2n) is 7.30. The Morgan fingerprint density at radius 2 is 1.67 bits per heavy atom. The predicted octanol–water partition coefficient (Wildman–Crippen LogP) is 4.10. The largest absolute Gasteiger partial charge is 0.351 e. The van der Waals surface area contributed by atoms with Crippen LogP contribution in [0.5, 0.6) is 0 Å². The Morgan fingerprint density at radius 1 is 0.939 bits per heavy atom. The van der Waals surface area contributed by atoms with Gasteiger partial charge in [-0.15, -0.1) is 10.2 Å². The lowest BCUT2D eigenvalue weighted by Gasteiger charge is -2.11. The Kier molecular flexibility index (Phi) is 5.85. The molecule has 33 heavy (non-hydrogen) atoms. The van der Waals surface area contributed by atoms with Crippen molar-refractivity contribution in [3.05, 3.63) is 99.8 Å². The number of para-hydroxylation sites is 2. The molecule has 0 spiro atoms. The molecule has 1 N–H and O–H groups in total. The maximum atomic E-state index is 13.3. The lowest BCUT2D eigenvalue weighted by Crippen LogP contribution is -2.24. The SMILES string of the molecule is O=C(CSc1nnc2n(-c3ccccc3)c(=O)c3ccccc3n12)NCc1ccc(Cl)cc1. The number of rotatable bonds is 6. The number of hydrogen-bond acceptors (Lipinski definition) is 5. The number of carbonyl (C=O) groups excluding carboxylic acids is 1. The number of aromatic nitrogens is 4. The summed E-state index contributed by atoms with van der Waals surface area (Å²) < 4.78 is 3.36. The summed E-state index contributed by atoms with van der Waals surface area (Å²) in [6, 6.07) is 24.0. The summed E-state index contributed by atoms with van der Waals surface area (Å²) in [5, 5.41) is 13.2. The number of thioether (sulfide) groups is 1. The fourth-order valence-electron chi connectivity index (χ4n) is 3.57. The minimum atomic E-state index is -0.172. The first-order valence-corrected chi connectivity index (χ1v) is 11.6. The van der Waals surface area contributed by atoms with Crippen LogP contribution in [0.1, 0.15) is 5.56 Å². The summed E-state index contributed by atoms with van der Waals surface area (Å²) in [6.45, 7) is 0.410. The molecule has 5 aromatic rings. The average Bonchev–Trinajstić information content (AvgIpc) is 3.27. The van der Waals surface area contributed by atoms with Gasteiger partial charge in [0.15, 0.2) is 5.16 Å². The molecule has 7 nitrogen and oxygen atoms in total. The van der Waals surface area contributed by atoms with Gasteiger partial charge in [0.25, 0.3) is 5.56 Å². The molecule has 164 valence electrons. The number of carbonyl (C=O) groups is 1. The quantitative estimate of drug-likeness (QED) is 0.374. The number of amides is 1. The fraction of sp³-hybridized carbons (Fsp3) is 0.0833. The summed E-state index contributed by atoms with van der Waals surface area (Å²) in [5.41, 5.74) is 2.18. The van der Waals surface area contributed by atoms with Gasteiger partial charge in [-0.05, 0) is 42.0 Å². The summed E-state index contributed by atoms with van der Waals surface area (Å²) >= 11 is 7.17. The molecular weight excluding hydrogens is 458 g/mol. The van der Waals surface area contributed by atoms with Gasteiger partial charge in [0, 0.05) is 11.6 Å². The molecule has 0 aliphatic heterocycles. The summed E-state index contributed by atoms with van der Waals surface area (Å²) in [4.78, 5) is 25.7. The van der Waals surface area contributed by atoms with Crippen molar-refractivity contribution in [3.63, 3.8) is 0 Å². The van der Waals surface area contributed by atoms with E-state index in [1.54, 1.807) is 22.8 Å². The molecular formula is C24H18ClN5O2S. The van der Waals surface area contributed by atoms with Crippen LogP contribution in [0.15, 0.2) is 88.8 Å². The Bertz CT molecular complexity index is 1510. The third-order valence-corrected chi connectivity index (χ3v) is 6.33. The van der Waals surface area contributed by atoms with E-state index in [0.717, 1.165) is 5.56 Å². The van der Waals surface area contributed by atoms with Crippen LogP contribution in [0.25, 0.3) is 22.4 Å². The van der Waals surface area contributed by atoms with Crippen LogP contribution in [0.4, 0.5) is 0 Å². The van der Waals surface area contributed by atoms with Gasteiger partial charge in [-0.25, -0.2) is 4.57 Å². The first-order chi connectivity index (χ1) is 16.1. The van der Waals surface area contributed by atoms with Crippen molar-refractivity contribution in [2.45, 2.75) is 11.7 Å². The van der Waals surface area contributed by atoms with Gasteiger partial charge < -0.3 is 5.32 Å². The van der Waals surface area contributed by atoms with Crippen LogP contribution in [0, 0.1) is 0 Å². The second-order valence-corrected chi connectivity index (χ2v) is 8.68. The zero-order valence-electron chi connectivity index (χ0n) is 17.3. The van der Waals surface area contributed by atoms with E-state index in [1.165, 1.54) is 11.8 Å². The van der Waals surface area contributed by atoms with Gasteiger partial charge >= 0.3 is 0 Å². The smallest absolute Gasteiger partial charge is 0.267 e. The van der Waals surface area contributed by atoms with Crippen molar-refractivity contribution in [2.75, 3.05) is 5.75 Å². The van der Waals surface area contributed by atoms with Gasteiger partial charge in [0.2, 0.25) is 11.7 Å². The van der Waals surface area contributed by atoms with Crippen molar-refractivity contribution in [3.8, 4) is 5.69 Å². The van der Waals surface area contributed by atoms with E-state index < -0.39 is 0 Å². The van der Waals surface area contributed by atoms with E-state index in [1.807, 2.05) is 65.1 Å². The highest BCUT2D eigenvalue weighted by Crippen LogP contribution is 2.23. The molecule has 3 aromatic carbocycles. The number of fused-ring (bicyclic) bond motifs is 3. The minimum absolute atomic E-state index is 0.132. The molecule has 0 aliphatic carbocycles. The molecule has 2 aromatic heterocycles. The molecule has 2 heterocycles. The van der Waals surface area contributed by atoms with Gasteiger partial charge in [-0.1, -0.05) is 65.8 Å². The maximum Gasteiger partial charge on any atom is 0.267 e. The van der Waals surface area contributed by atoms with E-state index in [0.29, 0.717) is 39.1 Å². The van der Waals surface area contributed by atoms with Gasteiger partial charge in [0.05, 0.1) is 22.3 Å². The monoisotopic (exact) mass is 475 g/mol. The summed E-state index contributed by atoms with van der Waals surface area (Å²) in [7, 11) is 0. The second kappa shape index (κ2) is 9.09. The zero-order chi connectivity index (χ0) is 22.8. The van der Waals surface area contributed by atoms with Crippen molar-refractivity contribution in [1.82, 2.24) is 24.5 Å². The van der Waals surface area contributed by atoms with E-state index in [9.17, 15) is 9.59 Å². The Labute approximate surface area is 198 Å². The number of benzene rings is 3. The van der Waals surface area contributed by atoms with Crippen LogP contribution in [0.2, 0.25) is 5.02 Å². The molecule has 0 saturated carbocycles. The molecule has 0 radical (unpaired) electrons. The number of nitrogens with zero attached hydrogens (tertiary/aromatic N) is 4. The van der Waals surface area contributed by atoms with Crippen LogP contribution >= 0.6 is 23.4 Å². The van der Waals surface area contributed by atoms with Crippen molar-refractivity contribution in [2.24, 2.45) is 0 Å². The summed E-state index contributed by atoms with van der Waals surface area (Å²) in [6.07, 6.45) is 0. The molecule has 0 fully saturated rings. The lowest BCUT2D eigenvalue weighted by molar-refractivity contribution is -0.118. The van der Waals surface area contributed by atoms with E-state index >= 15 is 0 Å². The van der Waals surface area contributed by atoms with Crippen molar-refractivity contribution < 1.29 is 4.79 Å². The Morgan fingerprint density at radius 3 is 2.45 bits per heavy atom. The topological polar surface area (TPSA) is 81.3 Å². The Hall–Kier alpha value is -3.62. The van der Waals surface area contributed by atoms with E-state index in [-0.39, 0.29) is 17.2 Å². The summed E-state index contributed by atoms with van der Waals surface area (Å²) in [5.74, 6) is 0.425. The first-order valence-electron chi connectivity index (χ1n) is 10.2. The number of hydrogen-bond donors (Lipinski definition) is 1. The van der Waals surface area contributed by atoms with Crippen molar-refractivity contribution in [1.29, 1.82) is 0 Å². The van der Waals surface area contributed by atoms with Crippen molar-refractivity contribution >= 4 is 46.0 Å². The normalized spacial score (nSPS) is 11.2. The first kappa shape index (κ1) is 21.2. The molecule has 0 aliphatic rings. The highest BCUT2D eigenvalue weighted by atomic mass is 35.5. The molecule has 0 atom stereocenters. The molecule has 0 saturated heterocycles. The maximum absolute atomic E-state index is 13.3. The molecule has 1 amide bonds. The van der Waals surface area contributed by atoms with Crippen LogP contribution in [-0.2, 0) is 11.3 Å². The number of nitrogens with one attached hydrogen (secondary N) is 1. The van der Waals surface area contributed by atoms with Crippen LogP contribution < -0.4 is 10.9 Å². The number of halogens is 1. The van der Waals surface area contributed by atoms with E-state index in [4.69, 9.17) is 11.6 Å². The van der Waals surface area contributed by atoms with Gasteiger partial charge in [0.1, 0.15) is 0 Å². The predicted molar refractivity (Wildman–Crippen MR) is 130 cm³/mol. The fourth-order valence-corrected chi connectivity index (χ4v) is 4.46. The minimum Gasteiger partial charge on any atom is -0.351 e.